The van der Waals surface area contributed by atoms with Crippen LogP contribution in [0.25, 0.3) is 0 Å². The molecule has 3 aromatic rings. The third-order valence-electron chi connectivity index (χ3n) is 6.26. The second-order valence-corrected chi connectivity index (χ2v) is 12.4. The van der Waals surface area contributed by atoms with E-state index in [1.165, 1.54) is 18.8 Å². The molecule has 2 aromatic carbocycles. The van der Waals surface area contributed by atoms with Gasteiger partial charge in [0.25, 0.3) is 0 Å². The summed E-state index contributed by atoms with van der Waals surface area (Å²) in [5.74, 6) is 0.219. The van der Waals surface area contributed by atoms with Gasteiger partial charge in [-0.1, -0.05) is 12.1 Å². The van der Waals surface area contributed by atoms with E-state index in [-0.39, 0.29) is 17.1 Å². The van der Waals surface area contributed by atoms with Gasteiger partial charge in [0, 0.05) is 55.7 Å². The van der Waals surface area contributed by atoms with Crippen molar-refractivity contribution in [3.8, 4) is 0 Å². The number of rotatable bonds is 8. The first-order valence-electron chi connectivity index (χ1n) is 12.7. The molecule has 2 heterocycles. The Bertz CT molecular complexity index is 1390. The molecule has 1 aromatic heterocycles. The fourth-order valence-electron chi connectivity index (χ4n) is 4.33. The lowest BCUT2D eigenvalue weighted by Crippen LogP contribution is -2.44. The molecule has 0 amide bonds. The molecule has 9 nitrogen and oxygen atoms in total. The summed E-state index contributed by atoms with van der Waals surface area (Å²) in [7, 11) is -1.55. The number of ketones is 1. The van der Waals surface area contributed by atoms with Crippen LogP contribution in [0.2, 0.25) is 0 Å². The lowest BCUT2D eigenvalue weighted by molar-refractivity contribution is 0.101. The van der Waals surface area contributed by atoms with Crippen molar-refractivity contribution in [2.24, 2.45) is 0 Å². The number of hydrogen-bond acceptors (Lipinski definition) is 8. The van der Waals surface area contributed by atoms with Crippen molar-refractivity contribution in [1.29, 1.82) is 0 Å². The summed E-state index contributed by atoms with van der Waals surface area (Å²) in [6.07, 6.45) is 1.81. The largest absolute Gasteiger partial charge is 0.369 e. The van der Waals surface area contributed by atoms with E-state index in [1.54, 1.807) is 39.0 Å². The Morgan fingerprint density at radius 1 is 1.03 bits per heavy atom. The van der Waals surface area contributed by atoms with Crippen molar-refractivity contribution in [3.63, 3.8) is 0 Å². The maximum atomic E-state index is 12.8. The van der Waals surface area contributed by atoms with E-state index in [1.807, 2.05) is 18.2 Å². The number of piperazine rings is 1. The van der Waals surface area contributed by atoms with Gasteiger partial charge in [0.2, 0.25) is 16.0 Å². The topological polar surface area (TPSA) is 108 Å². The lowest BCUT2D eigenvalue weighted by atomic mass is 10.0. The summed E-state index contributed by atoms with van der Waals surface area (Å²) in [5.41, 5.74) is 3.07. The first-order valence-corrected chi connectivity index (χ1v) is 14.2. The Balaban J connectivity index is 1.53. The summed E-state index contributed by atoms with van der Waals surface area (Å²) in [4.78, 5) is 26.1. The quantitative estimate of drug-likeness (QED) is 0.418. The molecule has 1 aliphatic heterocycles. The molecular weight excluding hydrogens is 500 g/mol. The Hall–Kier alpha value is -3.34. The van der Waals surface area contributed by atoms with Crippen molar-refractivity contribution in [3.05, 3.63) is 71.5 Å². The molecule has 10 heteroatoms. The standard InChI is InChI=1S/C28H36N6O3S/c1-20(35)25-19-29-27(30-22-9-11-23(12-10-22)34-15-13-33(5)14-16-34)31-26(25)18-21-7-6-8-24(17-21)38(36,37)32-28(2,3)4/h6-12,17,19,32H,13-16,18H2,1-5H3,(H,29,30,31). The number of nitrogens with one attached hydrogen (secondary N) is 2. The summed E-state index contributed by atoms with van der Waals surface area (Å²) in [5, 5.41) is 3.23. The Kier molecular flexibility index (Phi) is 8.15. The zero-order valence-electron chi connectivity index (χ0n) is 22.7. The molecule has 0 saturated carbocycles. The molecule has 0 atom stereocenters. The van der Waals surface area contributed by atoms with Crippen molar-refractivity contribution in [2.45, 2.75) is 44.6 Å². The average molecular weight is 537 g/mol. The zero-order valence-corrected chi connectivity index (χ0v) is 23.5. The Labute approximate surface area is 225 Å². The molecule has 0 spiro atoms. The maximum absolute atomic E-state index is 12.8. The summed E-state index contributed by atoms with van der Waals surface area (Å²) in [6, 6.07) is 14.8. The van der Waals surface area contributed by atoms with Crippen LogP contribution in [0.5, 0.6) is 0 Å². The minimum atomic E-state index is -3.69. The predicted octanol–water partition coefficient (Wildman–Crippen LogP) is 3.84. The van der Waals surface area contributed by atoms with Crippen LogP contribution >= 0.6 is 0 Å². The van der Waals surface area contributed by atoms with Gasteiger partial charge in [-0.25, -0.2) is 23.1 Å². The van der Waals surface area contributed by atoms with Crippen LogP contribution in [0.3, 0.4) is 0 Å². The highest BCUT2D eigenvalue weighted by Gasteiger charge is 2.22. The molecule has 0 bridgehead atoms. The summed E-state index contributed by atoms with van der Waals surface area (Å²) in [6.45, 7) is 10.9. The summed E-state index contributed by atoms with van der Waals surface area (Å²) >= 11 is 0. The second kappa shape index (κ2) is 11.2. The Morgan fingerprint density at radius 2 is 1.71 bits per heavy atom. The number of likely N-dealkylation sites (N-methyl/N-ethyl adjacent to an activating group) is 1. The van der Waals surface area contributed by atoms with Crippen LogP contribution in [0, 0.1) is 0 Å². The number of sulfonamides is 1. The SMILES string of the molecule is CC(=O)c1cnc(Nc2ccc(N3CCN(C)CC3)cc2)nc1Cc1cccc(S(=O)(=O)NC(C)(C)C)c1. The van der Waals surface area contributed by atoms with Crippen molar-refractivity contribution in [1.82, 2.24) is 19.6 Å². The molecule has 202 valence electrons. The smallest absolute Gasteiger partial charge is 0.241 e. The van der Waals surface area contributed by atoms with E-state index in [4.69, 9.17) is 0 Å². The summed E-state index contributed by atoms with van der Waals surface area (Å²) < 4.78 is 28.3. The Morgan fingerprint density at radius 3 is 2.34 bits per heavy atom. The van der Waals surface area contributed by atoms with Crippen LogP contribution in [-0.4, -0.2) is 67.8 Å². The maximum Gasteiger partial charge on any atom is 0.241 e. The van der Waals surface area contributed by atoms with Crippen LogP contribution < -0.4 is 14.9 Å². The normalized spacial score (nSPS) is 14.9. The molecule has 0 unspecified atom stereocenters. The lowest BCUT2D eigenvalue weighted by Gasteiger charge is -2.34. The van der Waals surface area contributed by atoms with Gasteiger partial charge < -0.3 is 15.1 Å². The van der Waals surface area contributed by atoms with Gasteiger partial charge in [0.1, 0.15) is 0 Å². The number of carbonyl (C=O) groups is 1. The fraction of sp³-hybridized carbons (Fsp3) is 0.393. The van der Waals surface area contributed by atoms with Crippen molar-refractivity contribution >= 4 is 33.1 Å². The average Bonchev–Trinajstić information content (AvgIpc) is 2.84. The van der Waals surface area contributed by atoms with Gasteiger partial charge in [0.05, 0.1) is 16.2 Å². The number of nitrogens with zero attached hydrogens (tertiary/aromatic N) is 4. The van der Waals surface area contributed by atoms with Gasteiger partial charge in [0.15, 0.2) is 5.78 Å². The van der Waals surface area contributed by atoms with E-state index >= 15 is 0 Å². The molecule has 4 rings (SSSR count). The third-order valence-corrected chi connectivity index (χ3v) is 8.02. The van der Waals surface area contributed by atoms with E-state index in [2.05, 4.69) is 49.0 Å². The molecule has 2 N–H and O–H groups in total. The number of anilines is 3. The van der Waals surface area contributed by atoms with Crippen LogP contribution in [0.4, 0.5) is 17.3 Å². The van der Waals surface area contributed by atoms with Crippen molar-refractivity contribution in [2.75, 3.05) is 43.4 Å². The van der Waals surface area contributed by atoms with Gasteiger partial charge >= 0.3 is 0 Å². The number of hydrogen-bond donors (Lipinski definition) is 2. The molecule has 38 heavy (non-hydrogen) atoms. The van der Waals surface area contributed by atoms with Gasteiger partial charge in [-0.2, -0.15) is 0 Å². The highest BCUT2D eigenvalue weighted by atomic mass is 32.2. The minimum absolute atomic E-state index is 0.152. The fourth-order valence-corrected chi connectivity index (χ4v) is 5.82. The highest BCUT2D eigenvalue weighted by molar-refractivity contribution is 7.89. The molecular formula is C28H36N6O3S. The van der Waals surface area contributed by atoms with E-state index in [0.29, 0.717) is 17.2 Å². The van der Waals surface area contributed by atoms with E-state index in [9.17, 15) is 13.2 Å². The first-order chi connectivity index (χ1) is 17.9. The van der Waals surface area contributed by atoms with Crippen LogP contribution in [-0.2, 0) is 16.4 Å². The molecule has 1 saturated heterocycles. The number of Topliss-reactive ketones (excluding diaryl/α,β-unsaturated/α-hetero) is 1. The third kappa shape index (κ3) is 7.15. The van der Waals surface area contributed by atoms with Gasteiger partial charge in [-0.05, 0) is 76.7 Å². The van der Waals surface area contributed by atoms with Gasteiger partial charge in [-0.3, -0.25) is 4.79 Å². The predicted molar refractivity (Wildman–Crippen MR) is 151 cm³/mol. The zero-order chi connectivity index (χ0) is 27.5. The molecule has 1 fully saturated rings. The van der Waals surface area contributed by atoms with Crippen LogP contribution in [0.15, 0.2) is 59.6 Å². The second-order valence-electron chi connectivity index (χ2n) is 10.8. The van der Waals surface area contributed by atoms with Gasteiger partial charge in [-0.15, -0.1) is 0 Å². The van der Waals surface area contributed by atoms with Crippen LogP contribution in [0.1, 0.15) is 49.3 Å². The number of benzene rings is 2. The molecule has 0 radical (unpaired) electrons. The number of carbonyl (C=O) groups excluding carboxylic acids is 1. The van der Waals surface area contributed by atoms with Crippen molar-refractivity contribution < 1.29 is 13.2 Å². The monoisotopic (exact) mass is 536 g/mol. The van der Waals surface area contributed by atoms with E-state index < -0.39 is 15.6 Å². The molecule has 0 aliphatic carbocycles. The molecule has 1 aliphatic rings. The van der Waals surface area contributed by atoms with E-state index in [0.717, 1.165) is 37.4 Å². The highest BCUT2D eigenvalue weighted by Crippen LogP contribution is 2.23. The first kappa shape index (κ1) is 27.7. The number of aromatic nitrogens is 2. The minimum Gasteiger partial charge on any atom is -0.369 e.